The molecule has 4 rings (SSSR count). The summed E-state index contributed by atoms with van der Waals surface area (Å²) in [6, 6.07) is 26.5. The summed E-state index contributed by atoms with van der Waals surface area (Å²) in [6.45, 7) is 14.7. The van der Waals surface area contributed by atoms with Gasteiger partial charge in [0, 0.05) is 25.4 Å². The van der Waals surface area contributed by atoms with E-state index in [4.69, 9.17) is 9.16 Å². The number of benzene rings is 3. The number of carbonyl (C=O) groups is 1. The van der Waals surface area contributed by atoms with Crippen molar-refractivity contribution < 1.29 is 18.3 Å². The normalized spacial score (nSPS) is 15.0. The number of ether oxygens (including phenoxy) is 1. The number of nitrogens with one attached hydrogen (secondary N) is 1. The van der Waals surface area contributed by atoms with Gasteiger partial charge < -0.3 is 14.1 Å². The summed E-state index contributed by atoms with van der Waals surface area (Å²) in [7, 11) is -2.53. The Morgan fingerprint density at radius 3 is 1.95 bits per heavy atom. The summed E-state index contributed by atoms with van der Waals surface area (Å²) in [5, 5.41) is 5.09. The van der Waals surface area contributed by atoms with Gasteiger partial charge in [0.25, 0.3) is 8.32 Å². The molecule has 1 heterocycles. The SMILES string of the molecule is CC(C)(C)OC(=O)Nc1ccc(N2CCC(CCO[Si](c3ccccc3)(c3ccccc3)C(C)(C)C)CC2)cc1F. The van der Waals surface area contributed by atoms with Crippen molar-refractivity contribution in [3.63, 3.8) is 0 Å². The van der Waals surface area contributed by atoms with Gasteiger partial charge in [0.05, 0.1) is 5.69 Å². The molecule has 1 aliphatic rings. The molecule has 5 nitrogen and oxygen atoms in total. The molecule has 41 heavy (non-hydrogen) atoms. The van der Waals surface area contributed by atoms with Crippen LogP contribution in [0, 0.1) is 11.7 Å². The lowest BCUT2D eigenvalue weighted by Gasteiger charge is -2.43. The van der Waals surface area contributed by atoms with Crippen LogP contribution in [0.5, 0.6) is 0 Å². The molecule has 0 atom stereocenters. The Labute approximate surface area is 246 Å². The zero-order valence-electron chi connectivity index (χ0n) is 25.4. The highest BCUT2D eigenvalue weighted by Gasteiger charge is 2.50. The van der Waals surface area contributed by atoms with Gasteiger partial charge in [0.1, 0.15) is 11.4 Å². The molecule has 0 radical (unpaired) electrons. The average molecular weight is 577 g/mol. The van der Waals surface area contributed by atoms with E-state index in [1.807, 2.05) is 6.07 Å². The second-order valence-corrected chi connectivity index (χ2v) is 17.3. The van der Waals surface area contributed by atoms with E-state index < -0.39 is 25.8 Å². The van der Waals surface area contributed by atoms with E-state index >= 15 is 0 Å². The Hall–Kier alpha value is -3.16. The Morgan fingerprint density at radius 1 is 0.902 bits per heavy atom. The third-order valence-corrected chi connectivity index (χ3v) is 12.9. The van der Waals surface area contributed by atoms with Crippen molar-refractivity contribution in [2.24, 2.45) is 5.92 Å². The molecule has 1 aliphatic heterocycles. The number of hydrogen-bond donors (Lipinski definition) is 1. The number of piperidine rings is 1. The van der Waals surface area contributed by atoms with Crippen LogP contribution in [0.25, 0.3) is 0 Å². The lowest BCUT2D eigenvalue weighted by atomic mass is 9.93. The van der Waals surface area contributed by atoms with Crippen LogP contribution in [-0.4, -0.2) is 39.7 Å². The molecule has 1 N–H and O–H groups in total. The minimum atomic E-state index is -2.53. The average Bonchev–Trinajstić information content (AvgIpc) is 2.92. The predicted octanol–water partition coefficient (Wildman–Crippen LogP) is 7.36. The molecular formula is C34H45FN2O3Si. The molecule has 0 spiro atoms. The first-order chi connectivity index (χ1) is 19.4. The molecule has 3 aromatic carbocycles. The zero-order valence-corrected chi connectivity index (χ0v) is 26.4. The topological polar surface area (TPSA) is 50.8 Å². The molecule has 0 unspecified atom stereocenters. The summed E-state index contributed by atoms with van der Waals surface area (Å²) in [5.41, 5.74) is 0.313. The fourth-order valence-corrected chi connectivity index (χ4v) is 10.4. The highest BCUT2D eigenvalue weighted by atomic mass is 28.4. The van der Waals surface area contributed by atoms with E-state index in [9.17, 15) is 9.18 Å². The van der Waals surface area contributed by atoms with Crippen LogP contribution in [0.2, 0.25) is 5.04 Å². The van der Waals surface area contributed by atoms with E-state index in [1.54, 1.807) is 26.8 Å². The summed E-state index contributed by atoms with van der Waals surface area (Å²) in [5.74, 6) is 0.0941. The van der Waals surface area contributed by atoms with Crippen LogP contribution in [0.1, 0.15) is 60.8 Å². The number of rotatable bonds is 8. The standard InChI is InChI=1S/C34H45FN2O3Si/c1-33(2,3)40-32(38)36-31-18-17-27(25-30(31)35)37-22-19-26(20-23-37)21-24-39-41(34(4,5)6,28-13-9-7-10-14-28)29-15-11-8-12-16-29/h7-18,25-26H,19-24H2,1-6H3,(H,36,38). The summed E-state index contributed by atoms with van der Waals surface area (Å²) in [6.07, 6.45) is 2.41. The molecule has 0 bridgehead atoms. The van der Waals surface area contributed by atoms with Gasteiger partial charge in [0.2, 0.25) is 0 Å². The van der Waals surface area contributed by atoms with E-state index in [2.05, 4.69) is 91.7 Å². The molecule has 0 saturated carbocycles. The van der Waals surface area contributed by atoms with Crippen molar-refractivity contribution in [3.8, 4) is 0 Å². The van der Waals surface area contributed by atoms with E-state index in [0.29, 0.717) is 5.92 Å². The number of halogens is 1. The smallest absolute Gasteiger partial charge is 0.412 e. The summed E-state index contributed by atoms with van der Waals surface area (Å²) >= 11 is 0. The highest BCUT2D eigenvalue weighted by molar-refractivity contribution is 6.99. The summed E-state index contributed by atoms with van der Waals surface area (Å²) in [4.78, 5) is 14.3. The second-order valence-electron chi connectivity index (χ2n) is 13.0. The van der Waals surface area contributed by atoms with Gasteiger partial charge in [-0.05, 0) is 79.6 Å². The Kier molecular flexibility index (Phi) is 9.60. The maximum atomic E-state index is 14.8. The van der Waals surface area contributed by atoms with Crippen LogP contribution in [0.3, 0.4) is 0 Å². The monoisotopic (exact) mass is 576 g/mol. The van der Waals surface area contributed by atoms with Gasteiger partial charge in [-0.15, -0.1) is 0 Å². The van der Waals surface area contributed by atoms with Gasteiger partial charge >= 0.3 is 6.09 Å². The third kappa shape index (κ3) is 7.57. The first-order valence-corrected chi connectivity index (χ1v) is 16.6. The van der Waals surface area contributed by atoms with Gasteiger partial charge in [-0.2, -0.15) is 0 Å². The molecule has 7 heteroatoms. The summed E-state index contributed by atoms with van der Waals surface area (Å²) < 4.78 is 27.2. The quantitative estimate of drug-likeness (QED) is 0.285. The lowest BCUT2D eigenvalue weighted by Crippen LogP contribution is -2.66. The number of nitrogens with zero attached hydrogens (tertiary/aromatic N) is 1. The van der Waals surface area contributed by atoms with Gasteiger partial charge in [0.15, 0.2) is 0 Å². The molecule has 0 aliphatic carbocycles. The van der Waals surface area contributed by atoms with Crippen LogP contribution in [0.4, 0.5) is 20.6 Å². The number of carbonyl (C=O) groups excluding carboxylic acids is 1. The molecule has 1 saturated heterocycles. The molecule has 220 valence electrons. The minimum Gasteiger partial charge on any atom is -0.444 e. The van der Waals surface area contributed by atoms with E-state index in [-0.39, 0.29) is 10.7 Å². The molecule has 3 aromatic rings. The zero-order chi connectivity index (χ0) is 29.7. The van der Waals surface area contributed by atoms with Crippen LogP contribution < -0.4 is 20.6 Å². The number of hydrogen-bond acceptors (Lipinski definition) is 4. The largest absolute Gasteiger partial charge is 0.444 e. The predicted molar refractivity (Wildman–Crippen MR) is 169 cm³/mol. The maximum absolute atomic E-state index is 14.8. The third-order valence-electron chi connectivity index (χ3n) is 7.83. The van der Waals surface area contributed by atoms with Gasteiger partial charge in [-0.3, -0.25) is 5.32 Å². The Balaban J connectivity index is 1.37. The molecule has 0 aromatic heterocycles. The number of anilines is 2. The Bertz CT molecular complexity index is 1240. The Morgan fingerprint density at radius 2 is 1.46 bits per heavy atom. The lowest BCUT2D eigenvalue weighted by molar-refractivity contribution is 0.0635. The first kappa shape index (κ1) is 30.8. The van der Waals surface area contributed by atoms with Crippen LogP contribution >= 0.6 is 0 Å². The second kappa shape index (κ2) is 12.8. The van der Waals surface area contributed by atoms with Crippen molar-refractivity contribution in [3.05, 3.63) is 84.7 Å². The maximum Gasteiger partial charge on any atom is 0.412 e. The fraction of sp³-hybridized carbons (Fsp3) is 0.441. The van der Waals surface area contributed by atoms with Gasteiger partial charge in [-0.25, -0.2) is 9.18 Å². The number of amides is 1. The minimum absolute atomic E-state index is 0.0341. The van der Waals surface area contributed by atoms with Crippen molar-refractivity contribution in [1.82, 2.24) is 0 Å². The molecule has 1 amide bonds. The van der Waals surface area contributed by atoms with Crippen LogP contribution in [0.15, 0.2) is 78.9 Å². The van der Waals surface area contributed by atoms with E-state index in [0.717, 1.165) is 44.6 Å². The molecule has 1 fully saturated rings. The van der Waals surface area contributed by atoms with E-state index in [1.165, 1.54) is 16.4 Å². The van der Waals surface area contributed by atoms with Crippen molar-refractivity contribution in [2.75, 3.05) is 29.9 Å². The van der Waals surface area contributed by atoms with Crippen molar-refractivity contribution in [2.45, 2.75) is 71.4 Å². The fourth-order valence-electron chi connectivity index (χ4n) is 5.84. The van der Waals surface area contributed by atoms with Crippen molar-refractivity contribution in [1.29, 1.82) is 0 Å². The highest BCUT2D eigenvalue weighted by Crippen LogP contribution is 2.37. The van der Waals surface area contributed by atoms with Crippen LogP contribution in [-0.2, 0) is 9.16 Å². The van der Waals surface area contributed by atoms with Crippen molar-refractivity contribution >= 4 is 36.2 Å². The first-order valence-electron chi connectivity index (χ1n) is 14.7. The molecular weight excluding hydrogens is 531 g/mol. The van der Waals surface area contributed by atoms with Gasteiger partial charge in [-0.1, -0.05) is 81.4 Å².